The molecule has 3 rings (SSSR count). The summed E-state index contributed by atoms with van der Waals surface area (Å²) in [5.41, 5.74) is 0.972. The number of amides is 1. The summed E-state index contributed by atoms with van der Waals surface area (Å²) in [6.07, 6.45) is 1.65. The number of nitrogens with zero attached hydrogens (tertiary/aromatic N) is 3. The molecule has 0 fully saturated rings. The molecule has 0 saturated heterocycles. The molecule has 6 nitrogen and oxygen atoms in total. The molecule has 126 valence electrons. The van der Waals surface area contributed by atoms with Crippen molar-refractivity contribution in [2.75, 3.05) is 0 Å². The van der Waals surface area contributed by atoms with Crippen LogP contribution >= 0.6 is 15.9 Å². The van der Waals surface area contributed by atoms with Crippen molar-refractivity contribution in [1.29, 1.82) is 0 Å². The van der Waals surface area contributed by atoms with Gasteiger partial charge in [-0.1, -0.05) is 40.2 Å². The number of phenolic OH excluding ortho intramolecular Hbond substituents is 1. The second-order valence-corrected chi connectivity index (χ2v) is 6.17. The highest BCUT2D eigenvalue weighted by molar-refractivity contribution is 9.10. The van der Waals surface area contributed by atoms with E-state index in [2.05, 4.69) is 32.7 Å². The summed E-state index contributed by atoms with van der Waals surface area (Å²) in [6, 6.07) is 11.7. The summed E-state index contributed by atoms with van der Waals surface area (Å²) in [4.78, 5) is 12.2. The van der Waals surface area contributed by atoms with Crippen molar-refractivity contribution in [3.63, 3.8) is 0 Å². The standard InChI is InChI=1S/C18H14BrN3O3/c1-2-9-22-14-6-4-3-5-12(14)16(18(22)25)20-21-17(24)13-10-11(19)7-8-15(13)23/h2-8,10,23,25H,1,9H2. The Bertz CT molecular complexity index is 1010. The van der Waals surface area contributed by atoms with Gasteiger partial charge in [0.05, 0.1) is 11.1 Å². The van der Waals surface area contributed by atoms with E-state index in [0.717, 1.165) is 5.52 Å². The maximum atomic E-state index is 12.2. The summed E-state index contributed by atoms with van der Waals surface area (Å²) < 4.78 is 2.26. The largest absolute Gasteiger partial charge is 0.507 e. The number of para-hydroxylation sites is 1. The number of hydrogen-bond donors (Lipinski definition) is 2. The van der Waals surface area contributed by atoms with Gasteiger partial charge < -0.3 is 14.8 Å². The van der Waals surface area contributed by atoms with Crippen LogP contribution in [0, 0.1) is 0 Å². The zero-order chi connectivity index (χ0) is 18.0. The van der Waals surface area contributed by atoms with Crippen LogP contribution in [0.1, 0.15) is 10.4 Å². The lowest BCUT2D eigenvalue weighted by atomic mass is 10.2. The van der Waals surface area contributed by atoms with Crippen LogP contribution in [0.4, 0.5) is 5.69 Å². The van der Waals surface area contributed by atoms with Gasteiger partial charge >= 0.3 is 0 Å². The summed E-state index contributed by atoms with van der Waals surface area (Å²) in [5.74, 6) is -1.000. The average molecular weight is 400 g/mol. The van der Waals surface area contributed by atoms with E-state index >= 15 is 0 Å². The highest BCUT2D eigenvalue weighted by Gasteiger charge is 2.17. The number of halogens is 1. The normalized spacial score (nSPS) is 11.2. The molecule has 3 aromatic rings. The van der Waals surface area contributed by atoms with Crippen LogP contribution < -0.4 is 0 Å². The monoisotopic (exact) mass is 399 g/mol. The molecule has 1 aromatic heterocycles. The number of azo groups is 1. The summed E-state index contributed by atoms with van der Waals surface area (Å²) in [5, 5.41) is 28.5. The quantitative estimate of drug-likeness (QED) is 0.481. The number of carbonyl (C=O) groups excluding carboxylic acids is 1. The van der Waals surface area contributed by atoms with Gasteiger partial charge in [0.25, 0.3) is 5.91 Å². The van der Waals surface area contributed by atoms with Crippen molar-refractivity contribution in [2.45, 2.75) is 6.54 Å². The van der Waals surface area contributed by atoms with E-state index in [1.165, 1.54) is 12.1 Å². The Morgan fingerprint density at radius 3 is 2.76 bits per heavy atom. The van der Waals surface area contributed by atoms with Gasteiger partial charge in [0.15, 0.2) is 5.69 Å². The fourth-order valence-corrected chi connectivity index (χ4v) is 2.87. The van der Waals surface area contributed by atoms with Gasteiger partial charge in [-0.25, -0.2) is 0 Å². The molecular weight excluding hydrogens is 386 g/mol. The Hall–Kier alpha value is -2.93. The molecule has 2 N–H and O–H groups in total. The first-order chi connectivity index (χ1) is 12.0. The molecular formula is C18H14BrN3O3. The molecule has 7 heteroatoms. The van der Waals surface area contributed by atoms with Crippen molar-refractivity contribution >= 4 is 38.4 Å². The average Bonchev–Trinajstić information content (AvgIpc) is 2.87. The number of aromatic nitrogens is 1. The highest BCUT2D eigenvalue weighted by atomic mass is 79.9. The predicted octanol–water partition coefficient (Wildman–Crippen LogP) is 4.93. The summed E-state index contributed by atoms with van der Waals surface area (Å²) in [6.45, 7) is 4.06. The summed E-state index contributed by atoms with van der Waals surface area (Å²) in [7, 11) is 0. The van der Waals surface area contributed by atoms with Crippen LogP contribution in [-0.4, -0.2) is 20.7 Å². The zero-order valence-corrected chi connectivity index (χ0v) is 14.6. The number of rotatable bonds is 4. The number of benzene rings is 2. The number of hydrogen-bond acceptors (Lipinski definition) is 4. The number of phenols is 1. The summed E-state index contributed by atoms with van der Waals surface area (Å²) >= 11 is 3.24. The first-order valence-corrected chi connectivity index (χ1v) is 8.18. The van der Waals surface area contributed by atoms with Crippen LogP contribution in [0.2, 0.25) is 0 Å². The molecule has 0 spiro atoms. The Labute approximate surface area is 151 Å². The SMILES string of the molecule is C=CCn1c(O)c(N=NC(=O)c2cc(Br)ccc2O)c2ccccc21. The molecule has 2 aromatic carbocycles. The maximum Gasteiger partial charge on any atom is 0.299 e. The van der Waals surface area contributed by atoms with Crippen LogP contribution in [0.3, 0.4) is 0 Å². The first-order valence-electron chi connectivity index (χ1n) is 7.38. The van der Waals surface area contributed by atoms with Gasteiger partial charge in [-0.3, -0.25) is 4.79 Å². The fraction of sp³-hybridized carbons (Fsp3) is 0.0556. The lowest BCUT2D eigenvalue weighted by molar-refractivity contribution is 0.0992. The minimum absolute atomic E-state index is 0.0208. The van der Waals surface area contributed by atoms with E-state index in [9.17, 15) is 15.0 Å². The van der Waals surface area contributed by atoms with E-state index in [1.807, 2.05) is 12.1 Å². The van der Waals surface area contributed by atoms with Crippen LogP contribution in [-0.2, 0) is 6.54 Å². The van der Waals surface area contributed by atoms with E-state index in [1.54, 1.807) is 28.8 Å². The molecule has 0 saturated carbocycles. The smallest absolute Gasteiger partial charge is 0.299 e. The molecule has 0 aliphatic carbocycles. The second-order valence-electron chi connectivity index (χ2n) is 5.26. The van der Waals surface area contributed by atoms with Crippen molar-refractivity contribution in [3.8, 4) is 11.6 Å². The van der Waals surface area contributed by atoms with E-state index in [4.69, 9.17) is 0 Å². The lowest BCUT2D eigenvalue weighted by Gasteiger charge is -2.02. The zero-order valence-electron chi connectivity index (χ0n) is 13.1. The topological polar surface area (TPSA) is 87.2 Å². The van der Waals surface area contributed by atoms with Crippen LogP contribution in [0.15, 0.2) is 69.8 Å². The van der Waals surface area contributed by atoms with Crippen molar-refractivity contribution < 1.29 is 15.0 Å². The third-order valence-electron chi connectivity index (χ3n) is 3.66. The molecule has 1 heterocycles. The Balaban J connectivity index is 2.04. The van der Waals surface area contributed by atoms with Gasteiger partial charge in [0.1, 0.15) is 5.75 Å². The van der Waals surface area contributed by atoms with Gasteiger partial charge in [0, 0.05) is 16.4 Å². The van der Waals surface area contributed by atoms with Gasteiger partial charge in [-0.05, 0) is 24.3 Å². The third kappa shape index (κ3) is 3.18. The van der Waals surface area contributed by atoms with Crippen molar-refractivity contribution in [3.05, 3.63) is 65.2 Å². The van der Waals surface area contributed by atoms with Crippen LogP contribution in [0.25, 0.3) is 10.9 Å². The predicted molar refractivity (Wildman–Crippen MR) is 98.5 cm³/mol. The number of fused-ring (bicyclic) bond motifs is 1. The van der Waals surface area contributed by atoms with Crippen molar-refractivity contribution in [2.24, 2.45) is 10.2 Å². The Kier molecular flexibility index (Phi) is 4.67. The minimum Gasteiger partial charge on any atom is -0.507 e. The van der Waals surface area contributed by atoms with E-state index in [0.29, 0.717) is 16.4 Å². The fourth-order valence-electron chi connectivity index (χ4n) is 2.51. The molecule has 25 heavy (non-hydrogen) atoms. The molecule has 0 atom stereocenters. The maximum absolute atomic E-state index is 12.2. The molecule has 0 aliphatic rings. The van der Waals surface area contributed by atoms with E-state index < -0.39 is 5.91 Å². The minimum atomic E-state index is -0.709. The number of aromatic hydroxyl groups is 2. The molecule has 0 bridgehead atoms. The van der Waals surface area contributed by atoms with Crippen LogP contribution in [0.5, 0.6) is 11.6 Å². The molecule has 1 amide bonds. The Morgan fingerprint density at radius 2 is 2.00 bits per heavy atom. The van der Waals surface area contributed by atoms with Gasteiger partial charge in [0.2, 0.25) is 5.88 Å². The highest BCUT2D eigenvalue weighted by Crippen LogP contribution is 2.39. The number of allylic oxidation sites excluding steroid dienone is 1. The molecule has 0 radical (unpaired) electrons. The lowest BCUT2D eigenvalue weighted by Crippen LogP contribution is -1.94. The first kappa shape index (κ1) is 16.9. The molecule has 0 unspecified atom stereocenters. The number of carbonyl (C=O) groups is 1. The third-order valence-corrected chi connectivity index (χ3v) is 4.15. The van der Waals surface area contributed by atoms with Gasteiger partial charge in [-0.15, -0.1) is 16.8 Å². The van der Waals surface area contributed by atoms with Gasteiger partial charge in [-0.2, -0.15) is 0 Å². The van der Waals surface area contributed by atoms with Crippen molar-refractivity contribution in [1.82, 2.24) is 4.57 Å². The second kappa shape index (κ2) is 6.90. The molecule has 0 aliphatic heterocycles. The Morgan fingerprint density at radius 1 is 1.24 bits per heavy atom. The van der Waals surface area contributed by atoms with E-state index in [-0.39, 0.29) is 22.9 Å².